The van der Waals surface area contributed by atoms with Crippen molar-refractivity contribution >= 4 is 44.9 Å². The number of hydrogen-bond donors (Lipinski definition) is 0. The number of para-hydroxylation sites is 2. The summed E-state index contributed by atoms with van der Waals surface area (Å²) in [6.45, 7) is 9.06. The summed E-state index contributed by atoms with van der Waals surface area (Å²) in [7, 11) is 0. The summed E-state index contributed by atoms with van der Waals surface area (Å²) in [6, 6.07) is 82.5. The minimum Gasteiger partial charge on any atom is -0.310 e. The molecule has 0 fully saturated rings. The molecule has 0 radical (unpaired) electrons. The lowest BCUT2D eigenvalue weighted by Gasteiger charge is -2.33. The fourth-order valence-electron chi connectivity index (χ4n) is 11.9. The number of benzene rings is 10. The van der Waals surface area contributed by atoms with Gasteiger partial charge in [0.05, 0.1) is 5.41 Å². The van der Waals surface area contributed by atoms with Crippen molar-refractivity contribution in [2.45, 2.75) is 44.9 Å². The van der Waals surface area contributed by atoms with Crippen molar-refractivity contribution in [1.82, 2.24) is 0 Å². The van der Waals surface area contributed by atoms with Crippen LogP contribution in [0.1, 0.15) is 72.9 Å². The summed E-state index contributed by atoms with van der Waals surface area (Å²) in [6.07, 6.45) is 0. The summed E-state index contributed by atoms with van der Waals surface area (Å²) in [5.74, 6) is 0.893. The Morgan fingerprint density at radius 3 is 1.25 bits per heavy atom. The third kappa shape index (κ3) is 5.76. The zero-order chi connectivity index (χ0) is 45.0. The fraction of sp³-hybridized carbons (Fsp3) is 0.108. The zero-order valence-electron chi connectivity index (χ0n) is 38.3. The van der Waals surface area contributed by atoms with E-state index in [0.717, 1.165) is 34.1 Å². The van der Waals surface area contributed by atoms with E-state index in [2.05, 4.69) is 256 Å². The van der Waals surface area contributed by atoms with E-state index in [1.807, 2.05) is 0 Å². The Balaban J connectivity index is 1.12. The molecule has 1 spiro atoms. The molecule has 13 rings (SSSR count). The lowest BCUT2D eigenvalue weighted by molar-refractivity contribution is 0.794. The molecule has 10 aromatic carbocycles. The van der Waals surface area contributed by atoms with Crippen LogP contribution in [0.15, 0.2) is 218 Å². The van der Waals surface area contributed by atoms with Gasteiger partial charge in [-0.3, -0.25) is 0 Å². The molecule has 0 bridgehead atoms. The molecule has 0 atom stereocenters. The number of fused-ring (bicyclic) bond motifs is 14. The van der Waals surface area contributed by atoms with Crippen LogP contribution in [0.25, 0.3) is 55.3 Å². The largest absolute Gasteiger partial charge is 0.310 e. The van der Waals surface area contributed by atoms with E-state index in [0.29, 0.717) is 11.8 Å². The predicted molar refractivity (Wildman–Crippen MR) is 282 cm³/mol. The first-order valence-electron chi connectivity index (χ1n) is 23.9. The van der Waals surface area contributed by atoms with Crippen LogP contribution in [0.2, 0.25) is 0 Å². The molecule has 3 aliphatic rings. The Labute approximate surface area is 394 Å². The maximum Gasteiger partial charge on any atom is 0.0727 e. The van der Waals surface area contributed by atoms with E-state index < -0.39 is 5.41 Å². The maximum atomic E-state index is 2.59. The highest BCUT2D eigenvalue weighted by atomic mass is 15.1. The molecule has 3 aliphatic carbocycles. The number of rotatable bonds is 8. The summed E-state index contributed by atoms with van der Waals surface area (Å²) >= 11 is 0. The second-order valence-corrected chi connectivity index (χ2v) is 19.2. The molecule has 10 aromatic rings. The molecule has 2 nitrogen and oxygen atoms in total. The van der Waals surface area contributed by atoms with E-state index in [1.54, 1.807) is 0 Å². The average Bonchev–Trinajstić information content (AvgIpc) is 3.97. The minimum atomic E-state index is -0.630. The molecule has 0 aliphatic heterocycles. The van der Waals surface area contributed by atoms with Gasteiger partial charge in [0.15, 0.2) is 0 Å². The molecular formula is C65H50N2. The maximum absolute atomic E-state index is 2.59. The van der Waals surface area contributed by atoms with Gasteiger partial charge in [0.2, 0.25) is 0 Å². The highest BCUT2D eigenvalue weighted by molar-refractivity contribution is 6.21. The van der Waals surface area contributed by atoms with Crippen molar-refractivity contribution in [2.75, 3.05) is 9.80 Å². The van der Waals surface area contributed by atoms with Gasteiger partial charge in [-0.15, -0.1) is 0 Å². The van der Waals surface area contributed by atoms with Gasteiger partial charge >= 0.3 is 0 Å². The van der Waals surface area contributed by atoms with Crippen LogP contribution in [0.4, 0.5) is 34.1 Å². The number of hydrogen-bond acceptors (Lipinski definition) is 2. The van der Waals surface area contributed by atoms with Crippen LogP contribution in [0.3, 0.4) is 0 Å². The molecule has 0 heterocycles. The summed E-state index contributed by atoms with van der Waals surface area (Å²) < 4.78 is 0. The minimum absolute atomic E-state index is 0.447. The molecule has 2 heteroatoms. The van der Waals surface area contributed by atoms with Crippen LogP contribution in [-0.2, 0) is 5.41 Å². The van der Waals surface area contributed by atoms with Gasteiger partial charge in [-0.2, -0.15) is 0 Å². The van der Waals surface area contributed by atoms with E-state index in [1.165, 1.54) is 88.7 Å². The molecule has 0 saturated carbocycles. The Kier molecular flexibility index (Phi) is 8.86. The molecule has 0 N–H and O–H groups in total. The van der Waals surface area contributed by atoms with Crippen molar-refractivity contribution in [2.24, 2.45) is 0 Å². The molecule has 0 saturated heterocycles. The predicted octanol–water partition coefficient (Wildman–Crippen LogP) is 18.0. The van der Waals surface area contributed by atoms with Gasteiger partial charge in [-0.25, -0.2) is 0 Å². The van der Waals surface area contributed by atoms with Gasteiger partial charge in [0.25, 0.3) is 0 Å². The van der Waals surface area contributed by atoms with E-state index in [9.17, 15) is 0 Å². The average molecular weight is 859 g/mol. The first kappa shape index (κ1) is 39.4. The molecule has 67 heavy (non-hydrogen) atoms. The first-order chi connectivity index (χ1) is 32.9. The Morgan fingerprint density at radius 2 is 0.731 bits per heavy atom. The summed E-state index contributed by atoms with van der Waals surface area (Å²) in [5.41, 5.74) is 24.6. The quantitative estimate of drug-likeness (QED) is 0.150. The molecule has 320 valence electrons. The topological polar surface area (TPSA) is 6.48 Å². The lowest BCUT2D eigenvalue weighted by Crippen LogP contribution is -2.26. The fourth-order valence-corrected chi connectivity index (χ4v) is 11.9. The zero-order valence-corrected chi connectivity index (χ0v) is 38.3. The van der Waals surface area contributed by atoms with Crippen molar-refractivity contribution in [3.63, 3.8) is 0 Å². The standard InChI is InChI=1S/C65H50N2/c1-41(2)43-26-30-47(31-27-43)66(45-16-7-5-8-17-45)49-34-36-53-54-37-35-50(67(46-18-9-6-10-19-46)48-32-28-44(29-33-48)42(3)4)39-61(54)65(60(53)38-49)59-25-14-13-22-56(59)64-57-24-15-23-55-51-20-11-12-21-52(51)58(63(55)57)40-62(64)65/h5-42H,1-4H3. The second-order valence-electron chi connectivity index (χ2n) is 19.2. The van der Waals surface area contributed by atoms with Crippen LogP contribution in [-0.4, -0.2) is 0 Å². The highest BCUT2D eigenvalue weighted by Crippen LogP contribution is 2.66. The summed E-state index contributed by atoms with van der Waals surface area (Å²) in [5, 5.41) is 2.68. The molecule has 0 aromatic heterocycles. The van der Waals surface area contributed by atoms with Crippen LogP contribution >= 0.6 is 0 Å². The smallest absolute Gasteiger partial charge is 0.0727 e. The van der Waals surface area contributed by atoms with Gasteiger partial charge < -0.3 is 9.80 Å². The third-order valence-electron chi connectivity index (χ3n) is 15.0. The lowest BCUT2D eigenvalue weighted by atomic mass is 9.70. The van der Waals surface area contributed by atoms with Crippen molar-refractivity contribution in [3.05, 3.63) is 252 Å². The molecule has 0 amide bonds. The SMILES string of the molecule is CC(C)c1ccc(N(c2ccccc2)c2ccc3c(c2)C2(c4cc(N(c5ccccc5)c5ccc(C(C)C)cc5)ccc4-3)c3ccccc3-c3c2cc2c4c(cccc34)-c3ccccc3-2)cc1. The van der Waals surface area contributed by atoms with Crippen molar-refractivity contribution < 1.29 is 0 Å². The second kappa shape index (κ2) is 15.1. The van der Waals surface area contributed by atoms with Gasteiger partial charge in [-0.1, -0.05) is 167 Å². The van der Waals surface area contributed by atoms with Crippen molar-refractivity contribution in [3.8, 4) is 44.5 Å². The Morgan fingerprint density at radius 1 is 0.299 bits per heavy atom. The van der Waals surface area contributed by atoms with Gasteiger partial charge in [0, 0.05) is 34.1 Å². The number of anilines is 6. The number of nitrogens with zero attached hydrogens (tertiary/aromatic N) is 2. The van der Waals surface area contributed by atoms with Gasteiger partial charge in [-0.05, 0) is 179 Å². The van der Waals surface area contributed by atoms with E-state index in [4.69, 9.17) is 0 Å². The van der Waals surface area contributed by atoms with Crippen molar-refractivity contribution in [1.29, 1.82) is 0 Å². The van der Waals surface area contributed by atoms with Gasteiger partial charge in [0.1, 0.15) is 0 Å². The van der Waals surface area contributed by atoms with E-state index in [-0.39, 0.29) is 0 Å². The third-order valence-corrected chi connectivity index (χ3v) is 15.0. The normalized spacial score (nSPS) is 13.2. The van der Waals surface area contributed by atoms with Crippen LogP contribution in [0.5, 0.6) is 0 Å². The first-order valence-corrected chi connectivity index (χ1v) is 23.9. The van der Waals surface area contributed by atoms with Crippen LogP contribution in [0, 0.1) is 0 Å². The highest BCUT2D eigenvalue weighted by Gasteiger charge is 2.53. The van der Waals surface area contributed by atoms with E-state index >= 15 is 0 Å². The monoisotopic (exact) mass is 858 g/mol. The Bertz CT molecular complexity index is 3420. The molecular weight excluding hydrogens is 809 g/mol. The Hall–Kier alpha value is -7.94. The molecule has 0 unspecified atom stereocenters. The summed E-state index contributed by atoms with van der Waals surface area (Å²) in [4.78, 5) is 4.88. The van der Waals surface area contributed by atoms with Crippen LogP contribution < -0.4 is 9.80 Å².